The molecular weight excluding hydrogens is 384 g/mol. The van der Waals surface area contributed by atoms with Gasteiger partial charge in [-0.1, -0.05) is 18.1 Å². The highest BCUT2D eigenvalue weighted by atomic mass is 35.5. The maximum atomic E-state index is 12.7. The molecule has 0 radical (unpaired) electrons. The standard InChI is InChI=1S/C18H26N6OS.ClH/c1-12-16(22-23-24(12)13-8-10-19-11-9-13)17(25)21-18-20-14-6-4-2-3-5-7-15(14)26-18;/h13,19H,2-11H2,1H3,(H,20,21,25);1H. The summed E-state index contributed by atoms with van der Waals surface area (Å²) in [6.07, 6.45) is 9.10. The lowest BCUT2D eigenvalue weighted by atomic mass is 10.0. The topological polar surface area (TPSA) is 84.7 Å². The van der Waals surface area contributed by atoms with Crippen molar-refractivity contribution >= 4 is 34.8 Å². The molecule has 1 fully saturated rings. The van der Waals surface area contributed by atoms with Crippen LogP contribution in [-0.4, -0.2) is 39.0 Å². The van der Waals surface area contributed by atoms with Gasteiger partial charge in [-0.3, -0.25) is 10.1 Å². The summed E-state index contributed by atoms with van der Waals surface area (Å²) in [5.74, 6) is -0.204. The van der Waals surface area contributed by atoms with Crippen LogP contribution in [0.1, 0.15) is 71.3 Å². The second-order valence-corrected chi connectivity index (χ2v) is 8.29. The van der Waals surface area contributed by atoms with Crippen LogP contribution in [0.3, 0.4) is 0 Å². The number of nitrogens with one attached hydrogen (secondary N) is 2. The summed E-state index contributed by atoms with van der Waals surface area (Å²) >= 11 is 1.62. The maximum Gasteiger partial charge on any atom is 0.279 e. The zero-order chi connectivity index (χ0) is 17.9. The summed E-state index contributed by atoms with van der Waals surface area (Å²) in [5, 5.41) is 15.4. The number of aromatic nitrogens is 4. The molecule has 0 unspecified atom stereocenters. The van der Waals surface area contributed by atoms with Gasteiger partial charge in [0.05, 0.1) is 17.4 Å². The van der Waals surface area contributed by atoms with Gasteiger partial charge in [-0.15, -0.1) is 28.8 Å². The number of halogens is 1. The molecule has 0 spiro atoms. The normalized spacial score (nSPS) is 18.1. The highest BCUT2D eigenvalue weighted by molar-refractivity contribution is 7.15. The van der Waals surface area contributed by atoms with Gasteiger partial charge in [-0.2, -0.15) is 0 Å². The van der Waals surface area contributed by atoms with E-state index in [4.69, 9.17) is 0 Å². The van der Waals surface area contributed by atoms with Crippen LogP contribution in [0.5, 0.6) is 0 Å². The van der Waals surface area contributed by atoms with Crippen molar-refractivity contribution in [3.05, 3.63) is 22.0 Å². The SMILES string of the molecule is Cc1c(C(=O)Nc2nc3c(s2)CCCCCC3)nnn1C1CCNCC1.Cl. The number of anilines is 1. The first-order chi connectivity index (χ1) is 12.7. The lowest BCUT2D eigenvalue weighted by molar-refractivity contribution is 0.102. The molecule has 0 atom stereocenters. The van der Waals surface area contributed by atoms with Gasteiger partial charge in [0.25, 0.3) is 5.91 Å². The second kappa shape index (κ2) is 9.12. The smallest absolute Gasteiger partial charge is 0.279 e. The van der Waals surface area contributed by atoms with Gasteiger partial charge in [0.15, 0.2) is 10.8 Å². The molecule has 1 saturated heterocycles. The Morgan fingerprint density at radius 3 is 2.70 bits per heavy atom. The van der Waals surface area contributed by atoms with Gasteiger partial charge >= 0.3 is 0 Å². The number of hydrogen-bond acceptors (Lipinski definition) is 6. The van der Waals surface area contributed by atoms with Crippen molar-refractivity contribution in [2.75, 3.05) is 18.4 Å². The third-order valence-electron chi connectivity index (χ3n) is 5.36. The van der Waals surface area contributed by atoms with E-state index in [1.807, 2.05) is 11.6 Å². The van der Waals surface area contributed by atoms with Crippen molar-refractivity contribution in [2.45, 2.75) is 64.3 Å². The number of fused-ring (bicyclic) bond motifs is 1. The third kappa shape index (κ3) is 4.50. The first kappa shape index (κ1) is 20.2. The largest absolute Gasteiger partial charge is 0.317 e. The first-order valence-electron chi connectivity index (χ1n) is 9.65. The Morgan fingerprint density at radius 2 is 1.93 bits per heavy atom. The van der Waals surface area contributed by atoms with E-state index >= 15 is 0 Å². The maximum absolute atomic E-state index is 12.7. The first-order valence-corrected chi connectivity index (χ1v) is 10.5. The van der Waals surface area contributed by atoms with Crippen LogP contribution in [0.2, 0.25) is 0 Å². The van der Waals surface area contributed by atoms with Crippen LogP contribution in [0.4, 0.5) is 5.13 Å². The van der Waals surface area contributed by atoms with Crippen molar-refractivity contribution in [3.63, 3.8) is 0 Å². The fourth-order valence-corrected chi connectivity index (χ4v) is 4.91. The van der Waals surface area contributed by atoms with E-state index in [0.717, 1.165) is 44.5 Å². The lowest BCUT2D eigenvalue weighted by Crippen LogP contribution is -2.30. The van der Waals surface area contributed by atoms with Gasteiger partial charge in [0.1, 0.15) is 0 Å². The van der Waals surface area contributed by atoms with Crippen LogP contribution in [0, 0.1) is 6.92 Å². The molecule has 2 aromatic heterocycles. The van der Waals surface area contributed by atoms with E-state index in [9.17, 15) is 4.79 Å². The molecule has 4 rings (SSSR count). The molecule has 1 aliphatic heterocycles. The molecule has 27 heavy (non-hydrogen) atoms. The number of thiazole rings is 1. The highest BCUT2D eigenvalue weighted by Gasteiger charge is 2.24. The average molecular weight is 411 g/mol. The molecule has 2 aliphatic rings. The van der Waals surface area contributed by atoms with Crippen molar-refractivity contribution in [1.82, 2.24) is 25.3 Å². The van der Waals surface area contributed by atoms with Crippen molar-refractivity contribution in [2.24, 2.45) is 0 Å². The summed E-state index contributed by atoms with van der Waals surface area (Å²) in [6, 6.07) is 0.324. The number of hydrogen-bond donors (Lipinski definition) is 2. The molecule has 1 aliphatic carbocycles. The van der Waals surface area contributed by atoms with Gasteiger partial charge in [0.2, 0.25) is 0 Å². The van der Waals surface area contributed by atoms with Crippen molar-refractivity contribution < 1.29 is 4.79 Å². The Morgan fingerprint density at radius 1 is 1.19 bits per heavy atom. The summed E-state index contributed by atoms with van der Waals surface area (Å²) in [5.41, 5.74) is 2.41. The van der Waals surface area contributed by atoms with Crippen molar-refractivity contribution in [1.29, 1.82) is 0 Å². The summed E-state index contributed by atoms with van der Waals surface area (Å²) < 4.78 is 1.91. The van der Waals surface area contributed by atoms with Crippen LogP contribution < -0.4 is 10.6 Å². The molecule has 0 bridgehead atoms. The van der Waals surface area contributed by atoms with E-state index in [0.29, 0.717) is 16.9 Å². The number of carbonyl (C=O) groups excluding carboxylic acids is 1. The van der Waals surface area contributed by atoms with Crippen LogP contribution in [0.15, 0.2) is 0 Å². The van der Waals surface area contributed by atoms with Crippen LogP contribution >= 0.6 is 23.7 Å². The Bertz CT molecular complexity index is 757. The minimum Gasteiger partial charge on any atom is -0.317 e. The number of rotatable bonds is 3. The molecule has 3 heterocycles. The Labute approximate surface area is 169 Å². The third-order valence-corrected chi connectivity index (χ3v) is 6.44. The van der Waals surface area contributed by atoms with Gasteiger partial charge in [-0.25, -0.2) is 9.67 Å². The summed E-state index contributed by atoms with van der Waals surface area (Å²) in [7, 11) is 0. The zero-order valence-corrected chi connectivity index (χ0v) is 17.3. The molecule has 0 saturated carbocycles. The van der Waals surface area contributed by atoms with Gasteiger partial charge in [0, 0.05) is 4.88 Å². The van der Waals surface area contributed by atoms with Gasteiger partial charge in [-0.05, 0) is 58.5 Å². The summed E-state index contributed by atoms with van der Waals surface area (Å²) in [4.78, 5) is 18.7. The number of aryl methyl sites for hydroxylation is 2. The minimum atomic E-state index is -0.204. The molecule has 1 amide bonds. The monoisotopic (exact) mass is 410 g/mol. The van der Waals surface area contributed by atoms with Gasteiger partial charge < -0.3 is 5.32 Å². The molecule has 0 aromatic carbocycles. The lowest BCUT2D eigenvalue weighted by Gasteiger charge is -2.23. The number of piperidine rings is 1. The molecule has 9 heteroatoms. The summed E-state index contributed by atoms with van der Waals surface area (Å²) in [6.45, 7) is 3.89. The number of nitrogens with zero attached hydrogens (tertiary/aromatic N) is 4. The molecule has 148 valence electrons. The number of amides is 1. The predicted octanol–water partition coefficient (Wildman–Crippen LogP) is 3.30. The molecule has 2 N–H and O–H groups in total. The van der Waals surface area contributed by atoms with E-state index < -0.39 is 0 Å². The second-order valence-electron chi connectivity index (χ2n) is 7.21. The molecule has 7 nitrogen and oxygen atoms in total. The Balaban J connectivity index is 0.00000210. The average Bonchev–Trinajstić information content (AvgIpc) is 3.19. The molecule has 2 aromatic rings. The zero-order valence-electron chi connectivity index (χ0n) is 15.7. The predicted molar refractivity (Wildman–Crippen MR) is 109 cm³/mol. The Hall–Kier alpha value is -1.51. The van der Waals surface area contributed by atoms with E-state index in [2.05, 4.69) is 25.9 Å². The van der Waals surface area contributed by atoms with Crippen LogP contribution in [0.25, 0.3) is 0 Å². The molecular formula is C18H27ClN6OS. The van der Waals surface area contributed by atoms with Crippen LogP contribution in [-0.2, 0) is 12.8 Å². The van der Waals surface area contributed by atoms with E-state index in [1.165, 1.54) is 36.3 Å². The fourth-order valence-electron chi connectivity index (χ4n) is 3.86. The minimum absolute atomic E-state index is 0. The number of carbonyl (C=O) groups is 1. The fraction of sp³-hybridized carbons (Fsp3) is 0.667. The Kier molecular flexibility index (Phi) is 6.83. The quantitative estimate of drug-likeness (QED) is 0.810. The highest BCUT2D eigenvalue weighted by Crippen LogP contribution is 2.29. The van der Waals surface area contributed by atoms with E-state index in [-0.39, 0.29) is 18.3 Å². The van der Waals surface area contributed by atoms with E-state index in [1.54, 1.807) is 11.3 Å². The van der Waals surface area contributed by atoms with Crippen molar-refractivity contribution in [3.8, 4) is 0 Å².